The van der Waals surface area contributed by atoms with Crippen LogP contribution >= 0.6 is 0 Å². The Morgan fingerprint density at radius 1 is 1.12 bits per heavy atom. The largest absolute Gasteiger partial charge is 0.263 e. The van der Waals surface area contributed by atoms with Crippen LogP contribution in [-0.2, 0) is 16.6 Å². The molecule has 7 nitrogen and oxygen atoms in total. The molecule has 0 unspecified atom stereocenters. The van der Waals surface area contributed by atoms with E-state index in [-0.39, 0.29) is 4.90 Å². The number of aromatic nitrogens is 3. The van der Waals surface area contributed by atoms with Crippen molar-refractivity contribution >= 4 is 15.9 Å². The van der Waals surface area contributed by atoms with Gasteiger partial charge in [0.15, 0.2) is 5.82 Å². The van der Waals surface area contributed by atoms with E-state index in [0.717, 1.165) is 5.56 Å². The highest BCUT2D eigenvalue weighted by Gasteiger charge is 2.29. The second kappa shape index (κ2) is 5.57. The standard InChI is InChI=1S/C16H13N5O2S/c22-24(23)14-5-2-1-4-13(14)16(20-24)18-11-12-6-8-17-15(10-12)21-9-3-7-19-21/h1-10H,11H2,(H,18,20). The van der Waals surface area contributed by atoms with Gasteiger partial charge < -0.3 is 0 Å². The van der Waals surface area contributed by atoms with E-state index >= 15 is 0 Å². The third-order valence-electron chi connectivity index (χ3n) is 3.63. The molecular weight excluding hydrogens is 326 g/mol. The van der Waals surface area contributed by atoms with Crippen molar-refractivity contribution in [3.8, 4) is 5.82 Å². The normalized spacial score (nSPS) is 16.8. The molecule has 0 atom stereocenters. The molecule has 0 saturated carbocycles. The van der Waals surface area contributed by atoms with Crippen molar-refractivity contribution in [2.24, 2.45) is 4.99 Å². The Morgan fingerprint density at radius 2 is 2.00 bits per heavy atom. The summed E-state index contributed by atoms with van der Waals surface area (Å²) in [5.74, 6) is 1.05. The van der Waals surface area contributed by atoms with E-state index in [2.05, 4.69) is 19.8 Å². The van der Waals surface area contributed by atoms with E-state index in [0.29, 0.717) is 23.8 Å². The summed E-state index contributed by atoms with van der Waals surface area (Å²) in [6.45, 7) is 0.336. The Kier molecular flexibility index (Phi) is 3.39. The third kappa shape index (κ3) is 2.56. The fraction of sp³-hybridized carbons (Fsp3) is 0.0625. The van der Waals surface area contributed by atoms with Crippen molar-refractivity contribution in [1.29, 1.82) is 0 Å². The van der Waals surface area contributed by atoms with Crippen LogP contribution in [-0.4, -0.2) is 29.0 Å². The first kappa shape index (κ1) is 14.6. The van der Waals surface area contributed by atoms with Crippen molar-refractivity contribution in [2.45, 2.75) is 11.4 Å². The highest BCUT2D eigenvalue weighted by atomic mass is 32.2. The van der Waals surface area contributed by atoms with Gasteiger partial charge in [0.05, 0.1) is 11.4 Å². The number of nitrogens with one attached hydrogen (secondary N) is 1. The molecule has 3 heterocycles. The summed E-state index contributed by atoms with van der Waals surface area (Å²) in [7, 11) is -3.51. The Labute approximate surface area is 138 Å². The lowest BCUT2D eigenvalue weighted by Gasteiger charge is -2.03. The Balaban J connectivity index is 1.64. The molecule has 2 aromatic heterocycles. The third-order valence-corrected chi connectivity index (χ3v) is 5.03. The zero-order valence-electron chi connectivity index (χ0n) is 12.5. The number of benzene rings is 1. The van der Waals surface area contributed by atoms with E-state index in [4.69, 9.17) is 0 Å². The van der Waals surface area contributed by atoms with Gasteiger partial charge in [-0.05, 0) is 35.9 Å². The summed E-state index contributed by atoms with van der Waals surface area (Å²) >= 11 is 0. The lowest BCUT2D eigenvalue weighted by atomic mass is 10.2. The van der Waals surface area contributed by atoms with Crippen LogP contribution in [0, 0.1) is 0 Å². The van der Waals surface area contributed by atoms with E-state index in [1.807, 2.05) is 18.2 Å². The van der Waals surface area contributed by atoms with Gasteiger partial charge in [-0.3, -0.25) is 9.71 Å². The van der Waals surface area contributed by atoms with E-state index in [1.165, 1.54) is 0 Å². The van der Waals surface area contributed by atoms with Gasteiger partial charge in [0.2, 0.25) is 0 Å². The summed E-state index contributed by atoms with van der Waals surface area (Å²) in [5, 5.41) is 4.14. The van der Waals surface area contributed by atoms with Crippen molar-refractivity contribution in [1.82, 2.24) is 19.5 Å². The lowest BCUT2D eigenvalue weighted by Crippen LogP contribution is -2.22. The molecule has 1 aliphatic rings. The minimum atomic E-state index is -3.51. The van der Waals surface area contributed by atoms with Gasteiger partial charge in [-0.15, -0.1) is 0 Å². The van der Waals surface area contributed by atoms with Crippen molar-refractivity contribution < 1.29 is 8.42 Å². The van der Waals surface area contributed by atoms with Gasteiger partial charge in [0, 0.05) is 24.2 Å². The van der Waals surface area contributed by atoms with Crippen molar-refractivity contribution in [3.05, 3.63) is 72.2 Å². The molecule has 0 fully saturated rings. The van der Waals surface area contributed by atoms with Crippen LogP contribution < -0.4 is 4.72 Å². The summed E-state index contributed by atoms with van der Waals surface area (Å²) < 4.78 is 28.3. The van der Waals surface area contributed by atoms with Gasteiger partial charge in [-0.25, -0.2) is 18.1 Å². The second-order valence-corrected chi connectivity index (χ2v) is 6.89. The zero-order valence-corrected chi connectivity index (χ0v) is 13.3. The van der Waals surface area contributed by atoms with Gasteiger partial charge in [-0.1, -0.05) is 12.1 Å². The summed E-state index contributed by atoms with van der Waals surface area (Å²) in [5.41, 5.74) is 1.51. The quantitative estimate of drug-likeness (QED) is 0.783. The minimum Gasteiger partial charge on any atom is -0.263 e. The van der Waals surface area contributed by atoms with E-state index in [1.54, 1.807) is 47.5 Å². The van der Waals surface area contributed by atoms with Crippen molar-refractivity contribution in [2.75, 3.05) is 0 Å². The van der Waals surface area contributed by atoms with E-state index < -0.39 is 10.0 Å². The number of fused-ring (bicyclic) bond motifs is 1. The van der Waals surface area contributed by atoms with Crippen molar-refractivity contribution in [3.63, 3.8) is 0 Å². The first-order chi connectivity index (χ1) is 11.6. The maximum absolute atomic E-state index is 12.1. The molecule has 24 heavy (non-hydrogen) atoms. The number of sulfonamides is 1. The first-order valence-electron chi connectivity index (χ1n) is 7.25. The van der Waals surface area contributed by atoms with Crippen LogP contribution in [0.15, 0.2) is 70.9 Å². The van der Waals surface area contributed by atoms with Crippen LogP contribution in [0.3, 0.4) is 0 Å². The molecule has 0 spiro atoms. The average molecular weight is 339 g/mol. The SMILES string of the molecule is O=S1(=O)NC(=NCc2ccnc(-n3cccn3)c2)c2ccccc21. The molecule has 0 bridgehead atoms. The van der Waals surface area contributed by atoms with Gasteiger partial charge in [-0.2, -0.15) is 5.10 Å². The fourth-order valence-electron chi connectivity index (χ4n) is 2.51. The number of rotatable bonds is 3. The molecule has 8 heteroatoms. The Bertz CT molecular complexity index is 1030. The number of aliphatic imine (C=N–C) groups is 1. The van der Waals surface area contributed by atoms with Gasteiger partial charge in [0.25, 0.3) is 10.0 Å². The van der Waals surface area contributed by atoms with Crippen LogP contribution in [0.5, 0.6) is 0 Å². The van der Waals surface area contributed by atoms with Crippen LogP contribution in [0.4, 0.5) is 0 Å². The van der Waals surface area contributed by atoms with E-state index in [9.17, 15) is 8.42 Å². The molecule has 1 aliphatic heterocycles. The molecule has 0 radical (unpaired) electrons. The second-order valence-electron chi connectivity index (χ2n) is 5.24. The lowest BCUT2D eigenvalue weighted by molar-refractivity contribution is 0.595. The molecular formula is C16H13N5O2S. The monoisotopic (exact) mass is 339 g/mol. The Morgan fingerprint density at radius 3 is 2.83 bits per heavy atom. The zero-order chi connectivity index (χ0) is 16.6. The first-order valence-corrected chi connectivity index (χ1v) is 8.73. The van der Waals surface area contributed by atoms with Gasteiger partial charge >= 0.3 is 0 Å². The number of nitrogens with zero attached hydrogens (tertiary/aromatic N) is 4. The van der Waals surface area contributed by atoms with Crippen LogP contribution in [0.25, 0.3) is 5.82 Å². The average Bonchev–Trinajstić information content (AvgIpc) is 3.21. The fourth-order valence-corrected chi connectivity index (χ4v) is 3.76. The number of pyridine rings is 1. The molecule has 1 N–H and O–H groups in total. The summed E-state index contributed by atoms with van der Waals surface area (Å²) in [4.78, 5) is 8.94. The molecule has 120 valence electrons. The summed E-state index contributed by atoms with van der Waals surface area (Å²) in [6.07, 6.45) is 5.16. The number of hydrogen-bond acceptors (Lipinski definition) is 5. The van der Waals surface area contributed by atoms with Gasteiger partial charge in [0.1, 0.15) is 5.84 Å². The van der Waals surface area contributed by atoms with Crippen LogP contribution in [0.1, 0.15) is 11.1 Å². The summed E-state index contributed by atoms with van der Waals surface area (Å²) in [6, 6.07) is 12.3. The maximum atomic E-state index is 12.1. The topological polar surface area (TPSA) is 89.2 Å². The number of amidine groups is 1. The highest BCUT2D eigenvalue weighted by Crippen LogP contribution is 2.22. The predicted octanol–water partition coefficient (Wildman–Crippen LogP) is 1.51. The predicted molar refractivity (Wildman–Crippen MR) is 88.4 cm³/mol. The molecule has 0 saturated heterocycles. The molecule has 3 aromatic rings. The molecule has 4 rings (SSSR count). The highest BCUT2D eigenvalue weighted by molar-refractivity contribution is 7.90. The minimum absolute atomic E-state index is 0.260. The molecule has 0 aliphatic carbocycles. The Hall–Kier alpha value is -3.00. The molecule has 0 amide bonds. The molecule has 1 aromatic carbocycles. The number of hydrogen-bond donors (Lipinski definition) is 1. The smallest absolute Gasteiger partial charge is 0.263 e. The maximum Gasteiger partial charge on any atom is 0.263 e. The van der Waals surface area contributed by atoms with Crippen LogP contribution in [0.2, 0.25) is 0 Å².